The summed E-state index contributed by atoms with van der Waals surface area (Å²) in [4.78, 5) is 14.1. The number of hydrogen-bond donors (Lipinski definition) is 1. The molecule has 0 heterocycles. The predicted octanol–water partition coefficient (Wildman–Crippen LogP) is 2.99. The Morgan fingerprint density at radius 3 is 2.75 bits per heavy atom. The van der Waals surface area contributed by atoms with Gasteiger partial charge in [-0.3, -0.25) is 9.69 Å². The van der Waals surface area contributed by atoms with E-state index in [0.717, 1.165) is 32.1 Å². The zero-order valence-electron chi connectivity index (χ0n) is 14.1. The van der Waals surface area contributed by atoms with Gasteiger partial charge in [-0.1, -0.05) is 43.0 Å². The number of para-hydroxylation sites is 1. The van der Waals surface area contributed by atoms with Crippen LogP contribution in [-0.4, -0.2) is 43.1 Å². The van der Waals surface area contributed by atoms with Gasteiger partial charge in [-0.15, -0.1) is 0 Å². The van der Waals surface area contributed by atoms with E-state index in [1.807, 2.05) is 30.1 Å². The van der Waals surface area contributed by atoms with E-state index in [1.54, 1.807) is 6.07 Å². The van der Waals surface area contributed by atoms with Crippen LogP contribution in [0.2, 0.25) is 5.02 Å². The molecule has 0 radical (unpaired) electrons. The normalized spacial score (nSPS) is 16.4. The van der Waals surface area contributed by atoms with Gasteiger partial charge in [0.05, 0.1) is 17.6 Å². The third kappa shape index (κ3) is 5.40. The number of halogens is 1. The van der Waals surface area contributed by atoms with Gasteiger partial charge in [0.1, 0.15) is 17.9 Å². The quantitative estimate of drug-likeness (QED) is 0.821. The van der Waals surface area contributed by atoms with E-state index in [1.165, 1.54) is 0 Å². The Balaban J connectivity index is 1.73. The molecule has 1 aliphatic rings. The van der Waals surface area contributed by atoms with Gasteiger partial charge in [0.25, 0.3) is 0 Å². The molecule has 1 aromatic carbocycles. The Morgan fingerprint density at radius 2 is 2.08 bits per heavy atom. The number of nitriles is 1. The summed E-state index contributed by atoms with van der Waals surface area (Å²) >= 11 is 6.03. The van der Waals surface area contributed by atoms with Crippen molar-refractivity contribution in [3.05, 3.63) is 29.3 Å². The first kappa shape index (κ1) is 18.6. The number of carbonyl (C=O) groups excluding carboxylic acids is 1. The van der Waals surface area contributed by atoms with Crippen molar-refractivity contribution in [1.29, 1.82) is 5.26 Å². The maximum Gasteiger partial charge on any atom is 0.235 e. The Labute approximate surface area is 148 Å². The molecule has 1 fully saturated rings. The van der Waals surface area contributed by atoms with Crippen LogP contribution in [0.5, 0.6) is 5.75 Å². The molecule has 0 unspecified atom stereocenters. The van der Waals surface area contributed by atoms with Gasteiger partial charge >= 0.3 is 0 Å². The minimum atomic E-state index is -0.676. The van der Waals surface area contributed by atoms with Gasteiger partial charge in [-0.25, -0.2) is 0 Å². The van der Waals surface area contributed by atoms with Crippen LogP contribution < -0.4 is 10.1 Å². The molecule has 1 amide bonds. The van der Waals surface area contributed by atoms with Crippen molar-refractivity contribution in [1.82, 2.24) is 10.2 Å². The van der Waals surface area contributed by atoms with Crippen molar-refractivity contribution in [3.8, 4) is 11.8 Å². The standard InChI is InChI=1S/C18H24ClN3O2/c1-22(11-12-24-16-8-4-3-7-15(16)19)13-17(23)21-18(14-20)9-5-2-6-10-18/h3-4,7-8H,2,5-6,9-13H2,1H3,(H,21,23). The van der Waals surface area contributed by atoms with Crippen LogP contribution in [0.1, 0.15) is 32.1 Å². The van der Waals surface area contributed by atoms with Crippen LogP contribution in [-0.2, 0) is 4.79 Å². The molecule has 0 atom stereocenters. The summed E-state index contributed by atoms with van der Waals surface area (Å²) in [7, 11) is 1.86. The number of nitrogens with one attached hydrogen (secondary N) is 1. The summed E-state index contributed by atoms with van der Waals surface area (Å²) < 4.78 is 5.62. The van der Waals surface area contributed by atoms with Crippen molar-refractivity contribution < 1.29 is 9.53 Å². The van der Waals surface area contributed by atoms with Crippen molar-refractivity contribution in [3.63, 3.8) is 0 Å². The molecule has 24 heavy (non-hydrogen) atoms. The molecule has 0 saturated heterocycles. The van der Waals surface area contributed by atoms with Crippen LogP contribution in [0.3, 0.4) is 0 Å². The smallest absolute Gasteiger partial charge is 0.235 e. The average molecular weight is 350 g/mol. The van der Waals surface area contributed by atoms with Crippen LogP contribution in [0.4, 0.5) is 0 Å². The number of benzene rings is 1. The highest BCUT2D eigenvalue weighted by Crippen LogP contribution is 2.27. The van der Waals surface area contributed by atoms with Gasteiger partial charge in [-0.2, -0.15) is 5.26 Å². The number of hydrogen-bond acceptors (Lipinski definition) is 4. The van der Waals surface area contributed by atoms with Gasteiger partial charge in [0, 0.05) is 6.54 Å². The van der Waals surface area contributed by atoms with Crippen LogP contribution in [0.15, 0.2) is 24.3 Å². The molecule has 1 saturated carbocycles. The number of ether oxygens (including phenoxy) is 1. The molecule has 1 N–H and O–H groups in total. The number of nitrogens with zero attached hydrogens (tertiary/aromatic N) is 2. The molecule has 5 nitrogen and oxygen atoms in total. The first-order valence-corrected chi connectivity index (χ1v) is 8.71. The first-order valence-electron chi connectivity index (χ1n) is 8.33. The molecule has 6 heteroatoms. The fourth-order valence-corrected chi connectivity index (χ4v) is 3.11. The number of likely N-dealkylation sites (N-methyl/N-ethyl adjacent to an activating group) is 1. The van der Waals surface area contributed by atoms with E-state index in [-0.39, 0.29) is 12.5 Å². The topological polar surface area (TPSA) is 65.4 Å². The van der Waals surface area contributed by atoms with E-state index < -0.39 is 5.54 Å². The molecule has 2 rings (SSSR count). The van der Waals surface area contributed by atoms with Gasteiger partial charge in [0.2, 0.25) is 5.91 Å². The number of carbonyl (C=O) groups is 1. The summed E-state index contributed by atoms with van der Waals surface area (Å²) in [5.41, 5.74) is -0.676. The van der Waals surface area contributed by atoms with Crippen molar-refractivity contribution in [2.45, 2.75) is 37.6 Å². The summed E-state index contributed by atoms with van der Waals surface area (Å²) in [5, 5.41) is 12.9. The van der Waals surface area contributed by atoms with E-state index in [0.29, 0.717) is 23.9 Å². The van der Waals surface area contributed by atoms with Crippen LogP contribution >= 0.6 is 11.6 Å². The number of amides is 1. The van der Waals surface area contributed by atoms with E-state index in [4.69, 9.17) is 16.3 Å². The van der Waals surface area contributed by atoms with Gasteiger partial charge < -0.3 is 10.1 Å². The molecule has 0 aromatic heterocycles. The first-order chi connectivity index (χ1) is 11.5. The largest absolute Gasteiger partial charge is 0.491 e. The maximum absolute atomic E-state index is 12.2. The fraction of sp³-hybridized carbons (Fsp3) is 0.556. The van der Waals surface area contributed by atoms with Crippen molar-refractivity contribution in [2.75, 3.05) is 26.7 Å². The van der Waals surface area contributed by atoms with Crippen molar-refractivity contribution >= 4 is 17.5 Å². The second-order valence-corrected chi connectivity index (χ2v) is 6.73. The minimum absolute atomic E-state index is 0.112. The minimum Gasteiger partial charge on any atom is -0.491 e. The highest BCUT2D eigenvalue weighted by Gasteiger charge is 2.33. The molecular formula is C18H24ClN3O2. The Morgan fingerprint density at radius 1 is 1.38 bits per heavy atom. The van der Waals surface area contributed by atoms with E-state index >= 15 is 0 Å². The summed E-state index contributed by atoms with van der Waals surface area (Å²) in [6, 6.07) is 9.61. The molecule has 1 aromatic rings. The maximum atomic E-state index is 12.2. The van der Waals surface area contributed by atoms with Crippen LogP contribution in [0, 0.1) is 11.3 Å². The lowest BCUT2D eigenvalue weighted by molar-refractivity contribution is -0.123. The lowest BCUT2D eigenvalue weighted by Gasteiger charge is -2.32. The Hall–Kier alpha value is -1.77. The second kappa shape index (κ2) is 8.91. The van der Waals surface area contributed by atoms with E-state index in [2.05, 4.69) is 11.4 Å². The highest BCUT2D eigenvalue weighted by atomic mass is 35.5. The fourth-order valence-electron chi connectivity index (χ4n) is 2.92. The zero-order valence-corrected chi connectivity index (χ0v) is 14.8. The highest BCUT2D eigenvalue weighted by molar-refractivity contribution is 6.32. The molecule has 0 aliphatic heterocycles. The third-order valence-corrected chi connectivity index (χ3v) is 4.59. The van der Waals surface area contributed by atoms with E-state index in [9.17, 15) is 10.1 Å². The van der Waals surface area contributed by atoms with Crippen molar-refractivity contribution in [2.24, 2.45) is 0 Å². The second-order valence-electron chi connectivity index (χ2n) is 6.32. The van der Waals surface area contributed by atoms with Crippen LogP contribution in [0.25, 0.3) is 0 Å². The molecular weight excluding hydrogens is 326 g/mol. The lowest BCUT2D eigenvalue weighted by atomic mass is 9.83. The Kier molecular flexibility index (Phi) is 6.89. The third-order valence-electron chi connectivity index (χ3n) is 4.28. The average Bonchev–Trinajstić information content (AvgIpc) is 2.57. The lowest BCUT2D eigenvalue weighted by Crippen LogP contribution is -2.51. The van der Waals surface area contributed by atoms with Gasteiger partial charge in [0.15, 0.2) is 0 Å². The monoisotopic (exact) mass is 349 g/mol. The predicted molar refractivity (Wildman–Crippen MR) is 94.0 cm³/mol. The Bertz CT molecular complexity index is 594. The summed E-state index contributed by atoms with van der Waals surface area (Å²) in [6.45, 7) is 1.28. The number of rotatable bonds is 7. The summed E-state index contributed by atoms with van der Waals surface area (Å²) in [5.74, 6) is 0.529. The summed E-state index contributed by atoms with van der Waals surface area (Å²) in [6.07, 6.45) is 4.62. The SMILES string of the molecule is CN(CCOc1ccccc1Cl)CC(=O)NC1(C#N)CCCCC1. The zero-order chi connectivity index (χ0) is 17.4. The molecule has 1 aliphatic carbocycles. The molecule has 0 bridgehead atoms. The molecule has 0 spiro atoms. The molecule has 130 valence electrons. The van der Waals surface area contributed by atoms with Gasteiger partial charge in [-0.05, 0) is 32.0 Å².